The van der Waals surface area contributed by atoms with Crippen LogP contribution in [0.4, 0.5) is 0 Å². The molecule has 0 atom stereocenters. The van der Waals surface area contributed by atoms with E-state index in [1.54, 1.807) is 0 Å². The number of hydrogen-bond donors (Lipinski definition) is 0. The summed E-state index contributed by atoms with van der Waals surface area (Å²) in [4.78, 5) is 4.49. The molecule has 0 aromatic rings. The highest BCUT2D eigenvalue weighted by atomic mass is 14.7. The predicted molar refractivity (Wildman–Crippen MR) is 75.0 cm³/mol. The van der Waals surface area contributed by atoms with Gasteiger partial charge in [0.2, 0.25) is 0 Å². The highest BCUT2D eigenvalue weighted by Gasteiger charge is 2.07. The fraction of sp³-hybridized carbons (Fsp3) is 0.533. The molecule has 0 saturated carbocycles. The van der Waals surface area contributed by atoms with E-state index in [-0.39, 0.29) is 0 Å². The van der Waals surface area contributed by atoms with Crippen molar-refractivity contribution in [2.75, 3.05) is 0 Å². The average Bonchev–Trinajstić information content (AvgIpc) is 2.25. The third kappa shape index (κ3) is 4.61. The van der Waals surface area contributed by atoms with E-state index >= 15 is 0 Å². The molecule has 90 valence electrons. The minimum Gasteiger partial charge on any atom is -0.261 e. The first-order valence-electron chi connectivity index (χ1n) is 6.11. The van der Waals surface area contributed by atoms with Crippen LogP contribution >= 0.6 is 0 Å². The normalized spacial score (nSPS) is 13.4. The van der Waals surface area contributed by atoms with Gasteiger partial charge in [-0.3, -0.25) is 4.99 Å². The van der Waals surface area contributed by atoms with E-state index in [4.69, 9.17) is 0 Å². The van der Waals surface area contributed by atoms with Crippen molar-refractivity contribution in [2.24, 2.45) is 4.99 Å². The molecule has 0 amide bonds. The van der Waals surface area contributed by atoms with Crippen LogP contribution in [0, 0.1) is 0 Å². The van der Waals surface area contributed by atoms with Crippen molar-refractivity contribution in [2.45, 2.75) is 54.4 Å². The molecule has 0 fully saturated rings. The van der Waals surface area contributed by atoms with Crippen molar-refractivity contribution in [3.63, 3.8) is 0 Å². The van der Waals surface area contributed by atoms with Crippen LogP contribution in [0.2, 0.25) is 0 Å². The highest BCUT2D eigenvalue weighted by Crippen LogP contribution is 2.19. The van der Waals surface area contributed by atoms with Gasteiger partial charge in [-0.2, -0.15) is 0 Å². The Balaban J connectivity index is 5.19. The molecule has 16 heavy (non-hydrogen) atoms. The summed E-state index contributed by atoms with van der Waals surface area (Å²) in [6.07, 6.45) is 8.26. The zero-order valence-corrected chi connectivity index (χ0v) is 11.6. The SMILES string of the molecule is C/C=C(/CC)C(C(C)=N/C=C/CC)=C(C)C. The Bertz CT molecular complexity index is 323. The van der Waals surface area contributed by atoms with Crippen molar-refractivity contribution in [1.29, 1.82) is 0 Å². The van der Waals surface area contributed by atoms with Crippen molar-refractivity contribution < 1.29 is 0 Å². The Morgan fingerprint density at radius 1 is 1.12 bits per heavy atom. The van der Waals surface area contributed by atoms with Gasteiger partial charge < -0.3 is 0 Å². The molecule has 0 unspecified atom stereocenters. The van der Waals surface area contributed by atoms with Crippen molar-refractivity contribution in [1.82, 2.24) is 0 Å². The monoisotopic (exact) mass is 219 g/mol. The standard InChI is InChI=1S/C15H25N/c1-7-10-11-16-13(6)15(12(4)5)14(8-2)9-3/h8,10-11H,7,9H2,1-6H3/b11-10+,14-8-,16-13?. The molecule has 0 bridgehead atoms. The Kier molecular flexibility index (Phi) is 7.53. The van der Waals surface area contributed by atoms with Crippen LogP contribution in [0.15, 0.2) is 40.1 Å². The molecule has 0 heterocycles. The number of nitrogens with zero attached hydrogens (tertiary/aromatic N) is 1. The number of hydrogen-bond acceptors (Lipinski definition) is 1. The first kappa shape index (κ1) is 14.9. The van der Waals surface area contributed by atoms with Gasteiger partial charge in [0, 0.05) is 11.9 Å². The van der Waals surface area contributed by atoms with Gasteiger partial charge in [-0.25, -0.2) is 0 Å². The lowest BCUT2D eigenvalue weighted by molar-refractivity contribution is 1.10. The Morgan fingerprint density at radius 3 is 2.12 bits per heavy atom. The summed E-state index contributed by atoms with van der Waals surface area (Å²) in [5, 5.41) is 0. The van der Waals surface area contributed by atoms with Gasteiger partial charge in [0.25, 0.3) is 0 Å². The zero-order chi connectivity index (χ0) is 12.6. The van der Waals surface area contributed by atoms with Crippen LogP contribution in [0.1, 0.15) is 54.4 Å². The van der Waals surface area contributed by atoms with Gasteiger partial charge in [-0.15, -0.1) is 0 Å². The van der Waals surface area contributed by atoms with E-state index in [1.165, 1.54) is 16.7 Å². The van der Waals surface area contributed by atoms with E-state index < -0.39 is 0 Å². The fourth-order valence-corrected chi connectivity index (χ4v) is 1.77. The van der Waals surface area contributed by atoms with Crippen LogP contribution in [0.25, 0.3) is 0 Å². The summed E-state index contributed by atoms with van der Waals surface area (Å²) in [5.41, 5.74) is 5.14. The van der Waals surface area contributed by atoms with E-state index in [1.807, 2.05) is 6.20 Å². The summed E-state index contributed by atoms with van der Waals surface area (Å²) >= 11 is 0. The van der Waals surface area contributed by atoms with Gasteiger partial charge in [-0.1, -0.05) is 31.6 Å². The fourth-order valence-electron chi connectivity index (χ4n) is 1.77. The Labute approximate surface area is 101 Å². The van der Waals surface area contributed by atoms with Crippen LogP contribution in [0.3, 0.4) is 0 Å². The van der Waals surface area contributed by atoms with Gasteiger partial charge in [-0.05, 0) is 51.7 Å². The van der Waals surface area contributed by atoms with E-state index in [0.717, 1.165) is 18.6 Å². The smallest absolute Gasteiger partial charge is 0.0446 e. The van der Waals surface area contributed by atoms with Crippen LogP contribution in [0.5, 0.6) is 0 Å². The maximum absolute atomic E-state index is 4.49. The predicted octanol–water partition coefficient (Wildman–Crippen LogP) is 5.06. The zero-order valence-electron chi connectivity index (χ0n) is 11.6. The minimum absolute atomic E-state index is 1.03. The first-order chi connectivity index (χ1) is 7.58. The highest BCUT2D eigenvalue weighted by molar-refractivity contribution is 6.03. The second-order valence-corrected chi connectivity index (χ2v) is 4.05. The molecule has 1 heteroatoms. The average molecular weight is 219 g/mol. The van der Waals surface area contributed by atoms with Crippen LogP contribution in [-0.4, -0.2) is 5.71 Å². The third-order valence-corrected chi connectivity index (χ3v) is 2.52. The van der Waals surface area contributed by atoms with Gasteiger partial charge in [0.15, 0.2) is 0 Å². The van der Waals surface area contributed by atoms with Gasteiger partial charge >= 0.3 is 0 Å². The molecule has 0 aromatic carbocycles. The van der Waals surface area contributed by atoms with E-state index in [0.29, 0.717) is 0 Å². The minimum atomic E-state index is 1.03. The third-order valence-electron chi connectivity index (χ3n) is 2.52. The molecule has 0 aliphatic heterocycles. The second-order valence-electron chi connectivity index (χ2n) is 4.05. The maximum Gasteiger partial charge on any atom is 0.0446 e. The Morgan fingerprint density at radius 2 is 1.75 bits per heavy atom. The molecule has 0 aliphatic carbocycles. The van der Waals surface area contributed by atoms with E-state index in [2.05, 4.69) is 58.7 Å². The lowest BCUT2D eigenvalue weighted by Crippen LogP contribution is -2.02. The van der Waals surface area contributed by atoms with Gasteiger partial charge in [0.1, 0.15) is 0 Å². The molecule has 0 N–H and O–H groups in total. The van der Waals surface area contributed by atoms with Crippen LogP contribution in [-0.2, 0) is 0 Å². The topological polar surface area (TPSA) is 12.4 Å². The molecule has 0 aromatic heterocycles. The van der Waals surface area contributed by atoms with E-state index in [9.17, 15) is 0 Å². The molecule has 0 aliphatic rings. The molecule has 0 radical (unpaired) electrons. The summed E-state index contributed by atoms with van der Waals surface area (Å²) in [6, 6.07) is 0. The lowest BCUT2D eigenvalue weighted by Gasteiger charge is -2.12. The number of rotatable bonds is 5. The number of allylic oxidation sites excluding steroid dienone is 5. The summed E-state index contributed by atoms with van der Waals surface area (Å²) in [7, 11) is 0. The largest absolute Gasteiger partial charge is 0.261 e. The second kappa shape index (κ2) is 8.09. The maximum atomic E-state index is 4.49. The lowest BCUT2D eigenvalue weighted by atomic mass is 9.95. The van der Waals surface area contributed by atoms with Crippen molar-refractivity contribution in [3.05, 3.63) is 35.1 Å². The molecule has 1 nitrogen and oxygen atoms in total. The molecule has 0 rings (SSSR count). The summed E-state index contributed by atoms with van der Waals surface area (Å²) in [6.45, 7) is 12.8. The van der Waals surface area contributed by atoms with Crippen molar-refractivity contribution in [3.8, 4) is 0 Å². The summed E-state index contributed by atoms with van der Waals surface area (Å²) < 4.78 is 0. The first-order valence-corrected chi connectivity index (χ1v) is 6.11. The number of aliphatic imine (C=N–C) groups is 1. The quantitative estimate of drug-likeness (QED) is 0.452. The van der Waals surface area contributed by atoms with Crippen LogP contribution < -0.4 is 0 Å². The van der Waals surface area contributed by atoms with Crippen molar-refractivity contribution >= 4 is 5.71 Å². The Hall–Kier alpha value is -1.11. The molecular formula is C15H25N. The van der Waals surface area contributed by atoms with Gasteiger partial charge in [0.05, 0.1) is 0 Å². The summed E-state index contributed by atoms with van der Waals surface area (Å²) in [5.74, 6) is 0. The molecule has 0 spiro atoms. The molecule has 0 saturated heterocycles. The molecular weight excluding hydrogens is 194 g/mol.